The van der Waals surface area contributed by atoms with E-state index >= 15 is 0 Å². The number of nitro groups is 1. The molecule has 1 aliphatic heterocycles. The molecule has 1 atom stereocenters. The Morgan fingerprint density at radius 3 is 2.79 bits per heavy atom. The molecular weight excluding hydrogens is 380 g/mol. The van der Waals surface area contributed by atoms with Crippen LogP contribution in [0.4, 0.5) is 11.4 Å². The second kappa shape index (κ2) is 7.43. The summed E-state index contributed by atoms with van der Waals surface area (Å²) in [4.78, 5) is 36.3. The molecule has 1 fully saturated rings. The minimum atomic E-state index is -0.512. The Balaban J connectivity index is 2.41. The summed E-state index contributed by atoms with van der Waals surface area (Å²) in [5.74, 6) is -0.702. The number of nitro benzene ring substituents is 1. The molecule has 1 aromatic rings. The summed E-state index contributed by atoms with van der Waals surface area (Å²) in [5, 5.41) is 16.7. The highest BCUT2D eigenvalue weighted by Gasteiger charge is 2.32. The van der Waals surface area contributed by atoms with Gasteiger partial charge in [-0.2, -0.15) is 0 Å². The highest BCUT2D eigenvalue weighted by atomic mass is 79.9. The molecular formula is C15H17BrN4O4. The molecule has 24 heavy (non-hydrogen) atoms. The number of nitrogens with one attached hydrogen (secondary N) is 2. The van der Waals surface area contributed by atoms with Crippen molar-refractivity contribution in [1.29, 1.82) is 0 Å². The standard InChI is InChI=1S/C15H17BrN4O4/c1-3-13(21)18-10-4-5-19(8-10)14-11(15(22)17-2)6-9(16)7-12(14)20(23)24/h3,6-7,10H,1,4-5,8H2,2H3,(H,17,22)(H,18,21)/t10-/m1/s1. The Morgan fingerprint density at radius 1 is 1.50 bits per heavy atom. The van der Waals surface area contributed by atoms with Gasteiger partial charge in [-0.15, -0.1) is 0 Å². The maximum Gasteiger partial charge on any atom is 0.294 e. The number of amides is 2. The third-order valence-electron chi connectivity index (χ3n) is 3.76. The number of nitrogens with zero attached hydrogens (tertiary/aromatic N) is 2. The van der Waals surface area contributed by atoms with Crippen LogP contribution in [0.1, 0.15) is 16.8 Å². The zero-order valence-corrected chi connectivity index (χ0v) is 14.6. The Morgan fingerprint density at radius 2 is 2.21 bits per heavy atom. The van der Waals surface area contributed by atoms with Crippen LogP contribution in [0.3, 0.4) is 0 Å². The van der Waals surface area contributed by atoms with Gasteiger partial charge in [-0.05, 0) is 18.6 Å². The molecule has 0 saturated carbocycles. The van der Waals surface area contributed by atoms with Gasteiger partial charge in [-0.1, -0.05) is 22.5 Å². The van der Waals surface area contributed by atoms with Crippen molar-refractivity contribution in [3.63, 3.8) is 0 Å². The van der Waals surface area contributed by atoms with Crippen molar-refractivity contribution in [2.24, 2.45) is 0 Å². The van der Waals surface area contributed by atoms with Gasteiger partial charge in [0.1, 0.15) is 5.69 Å². The monoisotopic (exact) mass is 396 g/mol. The van der Waals surface area contributed by atoms with E-state index in [-0.39, 0.29) is 28.9 Å². The van der Waals surface area contributed by atoms with Crippen LogP contribution in [0.5, 0.6) is 0 Å². The molecule has 2 rings (SSSR count). The number of hydrogen-bond acceptors (Lipinski definition) is 5. The Kier molecular flexibility index (Phi) is 5.55. The predicted molar refractivity (Wildman–Crippen MR) is 93.1 cm³/mol. The van der Waals surface area contributed by atoms with Crippen molar-refractivity contribution in [2.75, 3.05) is 25.0 Å². The summed E-state index contributed by atoms with van der Waals surface area (Å²) in [6, 6.07) is 2.77. The Bertz CT molecular complexity index is 707. The van der Waals surface area contributed by atoms with Gasteiger partial charge in [0.25, 0.3) is 11.6 Å². The van der Waals surface area contributed by atoms with Crippen molar-refractivity contribution in [3.8, 4) is 0 Å². The molecule has 8 nitrogen and oxygen atoms in total. The fraction of sp³-hybridized carbons (Fsp3) is 0.333. The summed E-state index contributed by atoms with van der Waals surface area (Å²) < 4.78 is 0.451. The van der Waals surface area contributed by atoms with Gasteiger partial charge >= 0.3 is 0 Å². The summed E-state index contributed by atoms with van der Waals surface area (Å²) in [6.07, 6.45) is 1.81. The molecule has 9 heteroatoms. The predicted octanol–water partition coefficient (Wildman–Crippen LogP) is 1.60. The Hall–Kier alpha value is -2.42. The minimum absolute atomic E-state index is 0.154. The fourth-order valence-electron chi connectivity index (χ4n) is 2.71. The molecule has 1 aliphatic rings. The van der Waals surface area contributed by atoms with E-state index < -0.39 is 10.8 Å². The summed E-state index contributed by atoms with van der Waals surface area (Å²) in [6.45, 7) is 4.28. The van der Waals surface area contributed by atoms with E-state index in [4.69, 9.17) is 0 Å². The lowest BCUT2D eigenvalue weighted by Gasteiger charge is -2.21. The van der Waals surface area contributed by atoms with Crippen LogP contribution in [0, 0.1) is 10.1 Å². The summed E-state index contributed by atoms with van der Waals surface area (Å²) >= 11 is 3.20. The molecule has 0 aromatic heterocycles. The minimum Gasteiger partial charge on any atom is -0.363 e. The summed E-state index contributed by atoms with van der Waals surface area (Å²) in [7, 11) is 1.47. The average molecular weight is 397 g/mol. The smallest absolute Gasteiger partial charge is 0.294 e. The maximum atomic E-state index is 12.2. The lowest BCUT2D eigenvalue weighted by Crippen LogP contribution is -2.36. The van der Waals surface area contributed by atoms with Crippen LogP contribution in [-0.2, 0) is 4.79 Å². The van der Waals surface area contributed by atoms with Crippen molar-refractivity contribution in [2.45, 2.75) is 12.5 Å². The van der Waals surface area contributed by atoms with Crippen molar-refractivity contribution in [3.05, 3.63) is 44.9 Å². The number of carbonyl (C=O) groups is 2. The quantitative estimate of drug-likeness (QED) is 0.446. The molecule has 2 N–H and O–H groups in total. The number of carbonyl (C=O) groups excluding carboxylic acids is 2. The van der Waals surface area contributed by atoms with E-state index in [0.717, 1.165) is 0 Å². The first-order valence-electron chi connectivity index (χ1n) is 7.25. The lowest BCUT2D eigenvalue weighted by molar-refractivity contribution is -0.384. The highest BCUT2D eigenvalue weighted by Crippen LogP contribution is 2.37. The molecule has 0 aliphatic carbocycles. The van der Waals surface area contributed by atoms with E-state index in [1.54, 1.807) is 11.0 Å². The zero-order valence-electron chi connectivity index (χ0n) is 13.0. The average Bonchev–Trinajstić information content (AvgIpc) is 3.00. The summed E-state index contributed by atoms with van der Waals surface area (Å²) in [5.41, 5.74) is 0.325. The van der Waals surface area contributed by atoms with Crippen LogP contribution < -0.4 is 15.5 Å². The van der Waals surface area contributed by atoms with Crippen molar-refractivity contribution < 1.29 is 14.5 Å². The van der Waals surface area contributed by atoms with Gasteiger partial charge in [-0.25, -0.2) is 0 Å². The first kappa shape index (κ1) is 17.9. The molecule has 1 saturated heterocycles. The third-order valence-corrected chi connectivity index (χ3v) is 4.22. The highest BCUT2D eigenvalue weighted by molar-refractivity contribution is 9.10. The lowest BCUT2D eigenvalue weighted by atomic mass is 10.1. The van der Waals surface area contributed by atoms with Crippen LogP contribution >= 0.6 is 15.9 Å². The van der Waals surface area contributed by atoms with Gasteiger partial charge < -0.3 is 15.5 Å². The largest absolute Gasteiger partial charge is 0.363 e. The number of rotatable bonds is 5. The van der Waals surface area contributed by atoms with Crippen LogP contribution in [0.15, 0.2) is 29.3 Å². The number of halogens is 1. The molecule has 128 valence electrons. The zero-order chi connectivity index (χ0) is 17.9. The van der Waals surface area contributed by atoms with E-state index in [1.807, 2.05) is 0 Å². The van der Waals surface area contributed by atoms with E-state index in [2.05, 4.69) is 33.1 Å². The van der Waals surface area contributed by atoms with Crippen LogP contribution in [-0.4, -0.2) is 42.9 Å². The molecule has 0 unspecified atom stereocenters. The second-order valence-electron chi connectivity index (χ2n) is 5.30. The van der Waals surface area contributed by atoms with Gasteiger partial charge in [-0.3, -0.25) is 19.7 Å². The Labute approximate surface area is 147 Å². The first-order valence-corrected chi connectivity index (χ1v) is 8.04. The topological polar surface area (TPSA) is 105 Å². The number of benzene rings is 1. The van der Waals surface area contributed by atoms with E-state index in [1.165, 1.54) is 19.2 Å². The van der Waals surface area contributed by atoms with Crippen molar-refractivity contribution >= 4 is 39.1 Å². The van der Waals surface area contributed by atoms with Gasteiger partial charge in [0.2, 0.25) is 5.91 Å². The first-order chi connectivity index (χ1) is 11.4. The maximum absolute atomic E-state index is 12.2. The SMILES string of the molecule is C=CC(=O)N[C@@H]1CCN(c2c(C(=O)NC)cc(Br)cc2[N+](=O)[O-])C1. The molecule has 2 amide bonds. The molecule has 0 radical (unpaired) electrons. The number of hydrogen-bond donors (Lipinski definition) is 2. The van der Waals surface area contributed by atoms with Crippen LogP contribution in [0.25, 0.3) is 0 Å². The second-order valence-corrected chi connectivity index (χ2v) is 6.22. The van der Waals surface area contributed by atoms with Gasteiger partial charge in [0, 0.05) is 36.7 Å². The van der Waals surface area contributed by atoms with Crippen molar-refractivity contribution in [1.82, 2.24) is 10.6 Å². The fourth-order valence-corrected chi connectivity index (χ4v) is 3.15. The molecule has 0 bridgehead atoms. The van der Waals surface area contributed by atoms with E-state index in [9.17, 15) is 19.7 Å². The molecule has 1 aromatic carbocycles. The van der Waals surface area contributed by atoms with Gasteiger partial charge in [0.05, 0.1) is 10.5 Å². The third kappa shape index (κ3) is 3.73. The van der Waals surface area contributed by atoms with Crippen LogP contribution in [0.2, 0.25) is 0 Å². The van der Waals surface area contributed by atoms with Gasteiger partial charge in [0.15, 0.2) is 0 Å². The normalized spacial score (nSPS) is 16.6. The molecule has 0 spiro atoms. The molecule has 1 heterocycles. The van der Waals surface area contributed by atoms with E-state index in [0.29, 0.717) is 24.0 Å². The number of anilines is 1.